The van der Waals surface area contributed by atoms with Gasteiger partial charge in [0.15, 0.2) is 0 Å². The maximum absolute atomic E-state index is 10.9. The molecule has 1 amide bonds. The van der Waals surface area contributed by atoms with Crippen LogP contribution >= 0.6 is 11.8 Å². The molecule has 0 radical (unpaired) electrons. The molecule has 1 aromatic rings. The van der Waals surface area contributed by atoms with Crippen molar-refractivity contribution in [3.63, 3.8) is 0 Å². The SMILES string of the molecule is CC(=O)NCC1CC(c2ccc(C3=CCSCC3)cc2)=NO1. The van der Waals surface area contributed by atoms with Crippen LogP contribution < -0.4 is 5.32 Å². The first-order chi connectivity index (χ1) is 10.7. The molecule has 0 bridgehead atoms. The summed E-state index contributed by atoms with van der Waals surface area (Å²) in [6.07, 6.45) is 4.14. The number of benzene rings is 1. The van der Waals surface area contributed by atoms with Gasteiger partial charge >= 0.3 is 0 Å². The number of allylic oxidation sites excluding steroid dienone is 1. The molecule has 4 nitrogen and oxygen atoms in total. The molecule has 116 valence electrons. The first-order valence-corrected chi connectivity index (χ1v) is 8.72. The number of nitrogens with one attached hydrogen (secondary N) is 1. The lowest BCUT2D eigenvalue weighted by atomic mass is 9.98. The van der Waals surface area contributed by atoms with Gasteiger partial charge in [0.25, 0.3) is 0 Å². The first-order valence-electron chi connectivity index (χ1n) is 7.57. The minimum absolute atomic E-state index is 0.0414. The minimum atomic E-state index is -0.0587. The second kappa shape index (κ2) is 7.01. The van der Waals surface area contributed by atoms with E-state index in [2.05, 4.69) is 40.8 Å². The van der Waals surface area contributed by atoms with E-state index in [4.69, 9.17) is 4.84 Å². The van der Waals surface area contributed by atoms with Crippen molar-refractivity contribution < 1.29 is 9.63 Å². The lowest BCUT2D eigenvalue weighted by Gasteiger charge is -2.13. The standard InChI is InChI=1S/C17H20N2O2S/c1-12(20)18-11-16-10-17(19-21-16)15-4-2-13(3-5-15)14-6-8-22-9-7-14/h2-6,16H,7-11H2,1H3,(H,18,20). The van der Waals surface area contributed by atoms with Gasteiger partial charge in [0, 0.05) is 19.1 Å². The predicted molar refractivity (Wildman–Crippen MR) is 91.1 cm³/mol. The number of carbonyl (C=O) groups excluding carboxylic acids is 1. The highest BCUT2D eigenvalue weighted by Gasteiger charge is 2.22. The Morgan fingerprint density at radius 3 is 2.82 bits per heavy atom. The molecule has 1 unspecified atom stereocenters. The van der Waals surface area contributed by atoms with Crippen LogP contribution in [0.1, 0.15) is 30.9 Å². The van der Waals surface area contributed by atoms with Gasteiger partial charge in [-0.1, -0.05) is 35.5 Å². The summed E-state index contributed by atoms with van der Waals surface area (Å²) in [6.45, 7) is 2.01. The maximum atomic E-state index is 10.9. The molecule has 3 rings (SSSR count). The molecule has 2 aliphatic heterocycles. The fourth-order valence-electron chi connectivity index (χ4n) is 2.63. The first kappa shape index (κ1) is 15.2. The molecule has 2 heterocycles. The number of hydrogen-bond acceptors (Lipinski definition) is 4. The van der Waals surface area contributed by atoms with Crippen LogP contribution in [0.25, 0.3) is 5.57 Å². The minimum Gasteiger partial charge on any atom is -0.390 e. The third-order valence-corrected chi connectivity index (χ3v) is 4.76. The molecule has 5 heteroatoms. The smallest absolute Gasteiger partial charge is 0.217 e. The van der Waals surface area contributed by atoms with Gasteiger partial charge in [-0.3, -0.25) is 4.79 Å². The third-order valence-electron chi connectivity index (χ3n) is 3.86. The van der Waals surface area contributed by atoms with Crippen LogP contribution in [-0.2, 0) is 9.63 Å². The van der Waals surface area contributed by atoms with E-state index in [1.54, 1.807) is 0 Å². The molecule has 0 fully saturated rings. The number of amides is 1. The molecule has 0 aromatic heterocycles. The number of hydrogen-bond donors (Lipinski definition) is 1. The number of carbonyl (C=O) groups is 1. The van der Waals surface area contributed by atoms with Crippen LogP contribution in [0.5, 0.6) is 0 Å². The summed E-state index contributed by atoms with van der Waals surface area (Å²) in [7, 11) is 0. The van der Waals surface area contributed by atoms with Gasteiger partial charge < -0.3 is 10.2 Å². The zero-order valence-electron chi connectivity index (χ0n) is 12.7. The van der Waals surface area contributed by atoms with Gasteiger partial charge in [0.2, 0.25) is 5.91 Å². The van der Waals surface area contributed by atoms with Crippen LogP contribution in [0.15, 0.2) is 35.5 Å². The van der Waals surface area contributed by atoms with Gasteiger partial charge in [-0.2, -0.15) is 11.8 Å². The van der Waals surface area contributed by atoms with Crippen LogP contribution in [0, 0.1) is 0 Å². The van der Waals surface area contributed by atoms with Crippen LogP contribution in [0.3, 0.4) is 0 Å². The van der Waals surface area contributed by atoms with Crippen molar-refractivity contribution in [3.8, 4) is 0 Å². The Hall–Kier alpha value is -1.75. The van der Waals surface area contributed by atoms with E-state index in [0.29, 0.717) is 6.54 Å². The summed E-state index contributed by atoms with van der Waals surface area (Å²) in [5.74, 6) is 2.28. The van der Waals surface area contributed by atoms with E-state index < -0.39 is 0 Å². The number of thioether (sulfide) groups is 1. The van der Waals surface area contributed by atoms with Crippen LogP contribution in [0.2, 0.25) is 0 Å². The molecule has 0 spiro atoms. The van der Waals surface area contributed by atoms with Gasteiger partial charge in [0.1, 0.15) is 6.10 Å². The molecule has 1 aromatic carbocycles. The molecule has 22 heavy (non-hydrogen) atoms. The van der Waals surface area contributed by atoms with Crippen molar-refractivity contribution >= 4 is 29.0 Å². The number of rotatable bonds is 4. The summed E-state index contributed by atoms with van der Waals surface area (Å²) in [6, 6.07) is 8.56. The molecular weight excluding hydrogens is 296 g/mol. The van der Waals surface area contributed by atoms with Crippen LogP contribution in [-0.4, -0.2) is 35.8 Å². The molecule has 2 aliphatic rings. The molecular formula is C17H20N2O2S. The second-order valence-corrected chi connectivity index (χ2v) is 6.69. The Balaban J connectivity index is 1.61. The largest absolute Gasteiger partial charge is 0.390 e. The monoisotopic (exact) mass is 316 g/mol. The summed E-state index contributed by atoms with van der Waals surface area (Å²) in [4.78, 5) is 16.3. The number of oxime groups is 1. The lowest BCUT2D eigenvalue weighted by Crippen LogP contribution is -2.30. The Kier molecular flexibility index (Phi) is 4.83. The van der Waals surface area contributed by atoms with Gasteiger partial charge in [-0.05, 0) is 28.9 Å². The van der Waals surface area contributed by atoms with Crippen molar-refractivity contribution in [3.05, 3.63) is 41.5 Å². The average Bonchev–Trinajstić information content (AvgIpc) is 3.03. The Labute approximate surface area is 135 Å². The highest BCUT2D eigenvalue weighted by atomic mass is 32.2. The van der Waals surface area contributed by atoms with E-state index in [0.717, 1.165) is 29.9 Å². The van der Waals surface area contributed by atoms with Gasteiger partial charge in [-0.25, -0.2) is 0 Å². The quantitative estimate of drug-likeness (QED) is 0.929. The van der Waals surface area contributed by atoms with Crippen molar-refractivity contribution in [2.45, 2.75) is 25.9 Å². The van der Waals surface area contributed by atoms with Gasteiger partial charge in [0.05, 0.1) is 12.3 Å². The fourth-order valence-corrected chi connectivity index (χ4v) is 3.48. The van der Waals surface area contributed by atoms with E-state index >= 15 is 0 Å². The molecule has 1 atom stereocenters. The maximum Gasteiger partial charge on any atom is 0.217 e. The van der Waals surface area contributed by atoms with Crippen molar-refractivity contribution in [2.75, 3.05) is 18.1 Å². The molecule has 1 N–H and O–H groups in total. The highest BCUT2D eigenvalue weighted by Crippen LogP contribution is 2.26. The summed E-state index contributed by atoms with van der Waals surface area (Å²) in [5, 5.41) is 6.92. The Morgan fingerprint density at radius 2 is 2.14 bits per heavy atom. The van der Waals surface area contributed by atoms with Crippen molar-refractivity contribution in [1.82, 2.24) is 5.32 Å². The van der Waals surface area contributed by atoms with Crippen LogP contribution in [0.4, 0.5) is 0 Å². The van der Waals surface area contributed by atoms with Crippen molar-refractivity contribution in [2.24, 2.45) is 5.16 Å². The lowest BCUT2D eigenvalue weighted by molar-refractivity contribution is -0.119. The third kappa shape index (κ3) is 3.71. The summed E-state index contributed by atoms with van der Waals surface area (Å²) in [5.41, 5.74) is 4.80. The normalized spacial score (nSPS) is 20.9. The molecule has 0 saturated heterocycles. The average molecular weight is 316 g/mol. The Morgan fingerprint density at radius 1 is 1.36 bits per heavy atom. The van der Waals surface area contributed by atoms with E-state index in [1.807, 2.05) is 11.8 Å². The fraction of sp³-hybridized carbons (Fsp3) is 0.412. The zero-order chi connectivity index (χ0) is 15.4. The Bertz CT molecular complexity index is 608. The number of nitrogens with zero attached hydrogens (tertiary/aromatic N) is 1. The van der Waals surface area contributed by atoms with Gasteiger partial charge in [-0.15, -0.1) is 0 Å². The molecule has 0 saturated carbocycles. The summed E-state index contributed by atoms with van der Waals surface area (Å²) < 4.78 is 0. The molecule has 0 aliphatic carbocycles. The highest BCUT2D eigenvalue weighted by molar-refractivity contribution is 7.99. The van der Waals surface area contributed by atoms with E-state index in [9.17, 15) is 4.79 Å². The second-order valence-electron chi connectivity index (χ2n) is 5.54. The summed E-state index contributed by atoms with van der Waals surface area (Å²) >= 11 is 1.98. The zero-order valence-corrected chi connectivity index (χ0v) is 13.5. The topological polar surface area (TPSA) is 50.7 Å². The van der Waals surface area contributed by atoms with E-state index in [-0.39, 0.29) is 12.0 Å². The van der Waals surface area contributed by atoms with Crippen molar-refractivity contribution in [1.29, 1.82) is 0 Å². The van der Waals surface area contributed by atoms with E-state index in [1.165, 1.54) is 23.8 Å². The predicted octanol–water partition coefficient (Wildman–Crippen LogP) is 2.84.